The van der Waals surface area contributed by atoms with E-state index in [0.717, 1.165) is 6.08 Å². The molecule has 0 amide bonds. The van der Waals surface area contributed by atoms with Gasteiger partial charge in [0.2, 0.25) is 0 Å². The third kappa shape index (κ3) is 9.04. The fourth-order valence-electron chi connectivity index (χ4n) is 1.02. The Morgan fingerprint density at radius 3 is 2.21 bits per heavy atom. The van der Waals surface area contributed by atoms with E-state index < -0.39 is 46.7 Å². The van der Waals surface area contributed by atoms with Gasteiger partial charge in [0.25, 0.3) is 0 Å². The third-order valence-corrected chi connectivity index (χ3v) is 4.02. The SMILES string of the molecule is C=CC(O)(CCOP(=O)(O)OP(=O)(O)O)CC(=O)O. The van der Waals surface area contributed by atoms with Crippen LogP contribution in [0.4, 0.5) is 0 Å². The second-order valence-electron chi connectivity index (χ2n) is 3.50. The highest BCUT2D eigenvalue weighted by Gasteiger charge is 2.34. The highest BCUT2D eigenvalue weighted by molar-refractivity contribution is 7.60. The van der Waals surface area contributed by atoms with Crippen LogP contribution in [0.15, 0.2) is 12.7 Å². The summed E-state index contributed by atoms with van der Waals surface area (Å²) in [4.78, 5) is 36.0. The molecule has 10 nitrogen and oxygen atoms in total. The summed E-state index contributed by atoms with van der Waals surface area (Å²) in [7, 11) is -10.2. The van der Waals surface area contributed by atoms with Crippen LogP contribution in [0.25, 0.3) is 0 Å². The fraction of sp³-hybridized carbons (Fsp3) is 0.571. The number of phosphoric acid groups is 2. The van der Waals surface area contributed by atoms with Crippen LogP contribution in [-0.4, -0.2) is 43.1 Å². The van der Waals surface area contributed by atoms with E-state index in [2.05, 4.69) is 15.4 Å². The first-order chi connectivity index (χ1) is 8.39. The van der Waals surface area contributed by atoms with Crippen molar-refractivity contribution in [3.63, 3.8) is 0 Å². The summed E-state index contributed by atoms with van der Waals surface area (Å²) in [6.45, 7) is 2.53. The summed E-state index contributed by atoms with van der Waals surface area (Å²) < 4.78 is 29.0. The lowest BCUT2D eigenvalue weighted by Crippen LogP contribution is -2.30. The van der Waals surface area contributed by atoms with Gasteiger partial charge >= 0.3 is 21.6 Å². The first kappa shape index (κ1) is 18.4. The van der Waals surface area contributed by atoms with Gasteiger partial charge in [-0.2, -0.15) is 4.31 Å². The number of carbonyl (C=O) groups is 1. The first-order valence-corrected chi connectivity index (χ1v) is 7.74. The van der Waals surface area contributed by atoms with Crippen LogP contribution < -0.4 is 0 Å². The summed E-state index contributed by atoms with van der Waals surface area (Å²) in [6, 6.07) is 0. The average molecular weight is 320 g/mol. The maximum absolute atomic E-state index is 11.0. The standard InChI is InChI=1S/C7H14O10P2/c1-2-7(10,5-6(8)9)3-4-16-19(14,15)17-18(11,12)13/h2,10H,1,3-5H2,(H,8,9)(H,14,15)(H2,11,12,13). The van der Waals surface area contributed by atoms with Crippen molar-refractivity contribution in [1.29, 1.82) is 0 Å². The highest BCUT2D eigenvalue weighted by atomic mass is 31.3. The molecule has 5 N–H and O–H groups in total. The minimum absolute atomic E-state index is 0.433. The first-order valence-electron chi connectivity index (χ1n) is 4.71. The van der Waals surface area contributed by atoms with Crippen molar-refractivity contribution in [2.45, 2.75) is 18.4 Å². The molecule has 0 saturated heterocycles. The molecule has 112 valence electrons. The molecule has 0 spiro atoms. The van der Waals surface area contributed by atoms with Gasteiger partial charge in [0.15, 0.2) is 0 Å². The highest BCUT2D eigenvalue weighted by Crippen LogP contribution is 2.57. The van der Waals surface area contributed by atoms with Gasteiger partial charge in [-0.05, 0) is 0 Å². The number of carboxylic acids is 1. The van der Waals surface area contributed by atoms with Crippen molar-refractivity contribution in [3.05, 3.63) is 12.7 Å². The summed E-state index contributed by atoms with van der Waals surface area (Å²) >= 11 is 0. The van der Waals surface area contributed by atoms with Crippen molar-refractivity contribution in [3.8, 4) is 0 Å². The van der Waals surface area contributed by atoms with Crippen LogP contribution in [0.2, 0.25) is 0 Å². The van der Waals surface area contributed by atoms with Crippen LogP contribution in [0, 0.1) is 0 Å². The molecular weight excluding hydrogens is 306 g/mol. The molecule has 0 aliphatic carbocycles. The molecule has 0 bridgehead atoms. The Labute approximate surface area is 108 Å². The van der Waals surface area contributed by atoms with Crippen molar-refractivity contribution in [2.75, 3.05) is 6.61 Å². The minimum Gasteiger partial charge on any atom is -0.481 e. The summed E-state index contributed by atoms with van der Waals surface area (Å²) in [5.74, 6) is -1.33. The quantitative estimate of drug-likeness (QED) is 0.287. The van der Waals surface area contributed by atoms with Crippen molar-refractivity contribution >= 4 is 21.6 Å². The summed E-state index contributed by atoms with van der Waals surface area (Å²) in [6.07, 6.45) is -0.233. The van der Waals surface area contributed by atoms with Gasteiger partial charge in [0, 0.05) is 6.42 Å². The van der Waals surface area contributed by atoms with Gasteiger partial charge in [-0.3, -0.25) is 9.32 Å². The second kappa shape index (κ2) is 6.74. The predicted molar refractivity (Wildman–Crippen MR) is 60.9 cm³/mol. The summed E-state index contributed by atoms with van der Waals surface area (Å²) in [5.41, 5.74) is -1.88. The van der Waals surface area contributed by atoms with E-state index in [1.807, 2.05) is 0 Å². The molecule has 0 rings (SSSR count). The van der Waals surface area contributed by atoms with E-state index in [0.29, 0.717) is 0 Å². The molecular formula is C7H14O10P2. The molecule has 0 aromatic heterocycles. The van der Waals surface area contributed by atoms with Gasteiger partial charge in [-0.1, -0.05) is 6.08 Å². The van der Waals surface area contributed by atoms with Crippen molar-refractivity contribution < 1.29 is 47.7 Å². The van der Waals surface area contributed by atoms with Gasteiger partial charge < -0.3 is 24.9 Å². The van der Waals surface area contributed by atoms with Crippen molar-refractivity contribution in [2.24, 2.45) is 0 Å². The fourth-order valence-corrected chi connectivity index (χ4v) is 2.61. The van der Waals surface area contributed by atoms with Gasteiger partial charge in [0.05, 0.1) is 18.6 Å². The molecule has 0 radical (unpaired) electrons. The number of hydrogen-bond acceptors (Lipinski definition) is 6. The monoisotopic (exact) mass is 320 g/mol. The molecule has 0 aliphatic rings. The van der Waals surface area contributed by atoms with E-state index in [1.54, 1.807) is 0 Å². The number of hydrogen-bond donors (Lipinski definition) is 5. The normalized spacial score (nSPS) is 18.3. The van der Waals surface area contributed by atoms with Gasteiger partial charge in [-0.15, -0.1) is 6.58 Å². The van der Waals surface area contributed by atoms with E-state index in [-0.39, 0.29) is 0 Å². The minimum atomic E-state index is -5.21. The number of aliphatic hydroxyl groups is 1. The molecule has 19 heavy (non-hydrogen) atoms. The maximum atomic E-state index is 11.0. The Kier molecular flexibility index (Phi) is 6.53. The molecule has 0 fully saturated rings. The Morgan fingerprint density at radius 2 is 1.84 bits per heavy atom. The van der Waals surface area contributed by atoms with Crippen LogP contribution in [0.5, 0.6) is 0 Å². The maximum Gasteiger partial charge on any atom is 0.481 e. The lowest BCUT2D eigenvalue weighted by atomic mass is 9.96. The molecule has 0 heterocycles. The van der Waals surface area contributed by atoms with E-state index in [1.165, 1.54) is 0 Å². The Morgan fingerprint density at radius 1 is 1.32 bits per heavy atom. The smallest absolute Gasteiger partial charge is 0.481 e. The Hall–Kier alpha value is -0.570. The van der Waals surface area contributed by atoms with E-state index in [4.69, 9.17) is 19.8 Å². The van der Waals surface area contributed by atoms with Crippen LogP contribution in [0.3, 0.4) is 0 Å². The number of phosphoric ester groups is 1. The topological polar surface area (TPSA) is 171 Å². The molecule has 2 atom stereocenters. The predicted octanol–water partition coefficient (Wildman–Crippen LogP) is -0.00540. The van der Waals surface area contributed by atoms with Crippen molar-refractivity contribution in [1.82, 2.24) is 0 Å². The lowest BCUT2D eigenvalue weighted by Gasteiger charge is -2.22. The molecule has 0 aromatic carbocycles. The Balaban J connectivity index is 4.42. The molecule has 2 unspecified atom stereocenters. The van der Waals surface area contributed by atoms with Gasteiger partial charge in [-0.25, -0.2) is 9.13 Å². The largest absolute Gasteiger partial charge is 0.481 e. The van der Waals surface area contributed by atoms with Crippen LogP contribution >= 0.6 is 15.6 Å². The van der Waals surface area contributed by atoms with E-state index >= 15 is 0 Å². The molecule has 12 heteroatoms. The van der Waals surface area contributed by atoms with Crippen LogP contribution in [0.1, 0.15) is 12.8 Å². The number of aliphatic carboxylic acids is 1. The molecule has 0 saturated carbocycles. The number of rotatable bonds is 9. The van der Waals surface area contributed by atoms with E-state index in [9.17, 15) is 19.0 Å². The molecule has 0 aliphatic heterocycles. The summed E-state index contributed by atoms with van der Waals surface area (Å²) in [5, 5.41) is 18.2. The molecule has 0 aromatic rings. The lowest BCUT2D eigenvalue weighted by molar-refractivity contribution is -0.141. The van der Waals surface area contributed by atoms with Crippen LogP contribution in [-0.2, 0) is 22.8 Å². The number of carboxylic acid groups (broad SMARTS) is 1. The zero-order valence-corrected chi connectivity index (χ0v) is 11.4. The Bertz CT molecular complexity index is 428. The van der Waals surface area contributed by atoms with Gasteiger partial charge in [0.1, 0.15) is 0 Å². The second-order valence-corrected chi connectivity index (χ2v) is 6.33. The average Bonchev–Trinajstić information content (AvgIpc) is 2.11. The zero-order valence-electron chi connectivity index (χ0n) is 9.58. The zero-order chi connectivity index (χ0) is 15.3. The third-order valence-electron chi connectivity index (χ3n) is 1.84.